The standard InChI is InChI=1S/C21H34ClN/c22-15-10-11-17-14(12-15)13-19-18-8-4-5-9-20(18)23(21(17)19)16-6-2-1-3-7-16/h14-21H,1-13H2. The Morgan fingerprint density at radius 2 is 1.43 bits per heavy atom. The average molecular weight is 336 g/mol. The third kappa shape index (κ3) is 2.51. The summed E-state index contributed by atoms with van der Waals surface area (Å²) in [7, 11) is 0. The number of hydrogen-bond donors (Lipinski definition) is 0. The van der Waals surface area contributed by atoms with E-state index in [-0.39, 0.29) is 0 Å². The molecule has 5 fully saturated rings. The van der Waals surface area contributed by atoms with Crippen molar-refractivity contribution < 1.29 is 0 Å². The molecule has 1 nitrogen and oxygen atoms in total. The number of alkyl halides is 1. The normalized spacial score (nSPS) is 51.3. The first kappa shape index (κ1) is 15.5. The van der Waals surface area contributed by atoms with Crippen molar-refractivity contribution in [2.45, 2.75) is 107 Å². The van der Waals surface area contributed by atoms with Crippen molar-refractivity contribution >= 4 is 11.6 Å². The second-order valence-corrected chi connectivity index (χ2v) is 10.1. The first-order valence-electron chi connectivity index (χ1n) is 10.7. The lowest BCUT2D eigenvalue weighted by Gasteiger charge is -2.45. The van der Waals surface area contributed by atoms with Gasteiger partial charge >= 0.3 is 0 Å². The van der Waals surface area contributed by atoms with Crippen LogP contribution in [0.3, 0.4) is 0 Å². The zero-order chi connectivity index (χ0) is 15.4. The van der Waals surface area contributed by atoms with Crippen LogP contribution in [-0.4, -0.2) is 28.4 Å². The molecule has 0 aromatic heterocycles. The van der Waals surface area contributed by atoms with E-state index in [1.165, 1.54) is 77.0 Å². The van der Waals surface area contributed by atoms with Gasteiger partial charge in [-0.2, -0.15) is 0 Å². The summed E-state index contributed by atoms with van der Waals surface area (Å²) in [5.41, 5.74) is 0. The van der Waals surface area contributed by atoms with Gasteiger partial charge in [-0.25, -0.2) is 0 Å². The molecule has 4 saturated carbocycles. The third-order valence-electron chi connectivity index (χ3n) is 8.48. The van der Waals surface area contributed by atoms with E-state index in [1.807, 2.05) is 0 Å². The smallest absolute Gasteiger partial charge is 0.0338 e. The monoisotopic (exact) mass is 335 g/mol. The zero-order valence-electron chi connectivity index (χ0n) is 14.6. The van der Waals surface area contributed by atoms with Crippen molar-refractivity contribution in [3.63, 3.8) is 0 Å². The van der Waals surface area contributed by atoms with Gasteiger partial charge in [0.2, 0.25) is 0 Å². The van der Waals surface area contributed by atoms with Crippen molar-refractivity contribution in [3.05, 3.63) is 0 Å². The molecule has 4 aliphatic carbocycles. The number of fused-ring (bicyclic) bond motifs is 5. The van der Waals surface area contributed by atoms with Gasteiger partial charge in [-0.1, -0.05) is 32.1 Å². The molecular formula is C21H34ClN. The van der Waals surface area contributed by atoms with Crippen LogP contribution in [-0.2, 0) is 0 Å². The Hall–Kier alpha value is 0.250. The summed E-state index contributed by atoms with van der Waals surface area (Å²) in [6.45, 7) is 0. The Kier molecular flexibility index (Phi) is 4.18. The van der Waals surface area contributed by atoms with Crippen LogP contribution in [0.5, 0.6) is 0 Å². The number of nitrogens with zero attached hydrogens (tertiary/aromatic N) is 1. The molecule has 2 heteroatoms. The fourth-order valence-corrected chi connectivity index (χ4v) is 8.11. The fourth-order valence-electron chi connectivity index (χ4n) is 7.75. The average Bonchev–Trinajstić information content (AvgIpc) is 3.09. The Bertz CT molecular complexity index is 432. The Morgan fingerprint density at radius 1 is 0.652 bits per heavy atom. The molecule has 130 valence electrons. The Morgan fingerprint density at radius 3 is 2.30 bits per heavy atom. The van der Waals surface area contributed by atoms with E-state index in [0.717, 1.165) is 41.8 Å². The van der Waals surface area contributed by atoms with Crippen LogP contribution < -0.4 is 0 Å². The molecule has 1 saturated heterocycles. The number of rotatable bonds is 1. The van der Waals surface area contributed by atoms with Crippen molar-refractivity contribution in [2.75, 3.05) is 0 Å². The van der Waals surface area contributed by atoms with Crippen LogP contribution in [0.1, 0.15) is 83.5 Å². The van der Waals surface area contributed by atoms with Gasteiger partial charge in [0.05, 0.1) is 0 Å². The quantitative estimate of drug-likeness (QED) is 0.563. The number of halogens is 1. The van der Waals surface area contributed by atoms with Gasteiger partial charge in [0, 0.05) is 23.5 Å². The van der Waals surface area contributed by atoms with Crippen LogP contribution in [0, 0.1) is 23.7 Å². The molecule has 1 aliphatic heterocycles. The summed E-state index contributed by atoms with van der Waals surface area (Å²) in [5.74, 6) is 4.06. The highest BCUT2D eigenvalue weighted by Crippen LogP contribution is 2.59. The highest BCUT2D eigenvalue weighted by Gasteiger charge is 2.59. The first-order valence-corrected chi connectivity index (χ1v) is 11.2. The van der Waals surface area contributed by atoms with E-state index in [2.05, 4.69) is 4.90 Å². The zero-order valence-corrected chi connectivity index (χ0v) is 15.4. The predicted molar refractivity (Wildman–Crippen MR) is 96.8 cm³/mol. The van der Waals surface area contributed by atoms with Crippen LogP contribution in [0.4, 0.5) is 0 Å². The predicted octanol–water partition coefficient (Wildman–Crippen LogP) is 5.61. The highest BCUT2D eigenvalue weighted by atomic mass is 35.5. The lowest BCUT2D eigenvalue weighted by molar-refractivity contribution is 0.0399. The molecule has 23 heavy (non-hydrogen) atoms. The molecule has 0 aromatic rings. The third-order valence-corrected chi connectivity index (χ3v) is 8.88. The minimum absolute atomic E-state index is 0.486. The fraction of sp³-hybridized carbons (Fsp3) is 1.00. The summed E-state index contributed by atoms with van der Waals surface area (Å²) in [4.78, 5) is 3.17. The molecule has 5 aliphatic rings. The van der Waals surface area contributed by atoms with E-state index in [9.17, 15) is 0 Å². The highest BCUT2D eigenvalue weighted by molar-refractivity contribution is 6.20. The van der Waals surface area contributed by atoms with Gasteiger partial charge in [-0.3, -0.25) is 4.90 Å². The molecule has 1 heterocycles. The summed E-state index contributed by atoms with van der Waals surface area (Å²) in [5, 5.41) is 0.486. The summed E-state index contributed by atoms with van der Waals surface area (Å²) < 4.78 is 0. The maximum atomic E-state index is 6.55. The number of likely N-dealkylation sites (tertiary alicyclic amines) is 1. The molecule has 0 radical (unpaired) electrons. The second-order valence-electron chi connectivity index (χ2n) is 9.48. The molecular weight excluding hydrogens is 302 g/mol. The van der Waals surface area contributed by atoms with Crippen molar-refractivity contribution in [2.24, 2.45) is 23.7 Å². The molecule has 0 N–H and O–H groups in total. The van der Waals surface area contributed by atoms with Crippen molar-refractivity contribution in [1.82, 2.24) is 4.90 Å². The minimum Gasteiger partial charge on any atom is -0.294 e. The van der Waals surface area contributed by atoms with E-state index in [1.54, 1.807) is 6.42 Å². The summed E-state index contributed by atoms with van der Waals surface area (Å²) in [6, 6.07) is 2.87. The van der Waals surface area contributed by atoms with E-state index >= 15 is 0 Å². The molecule has 0 amide bonds. The second kappa shape index (κ2) is 6.20. The molecule has 7 atom stereocenters. The maximum absolute atomic E-state index is 6.55. The van der Waals surface area contributed by atoms with Crippen molar-refractivity contribution in [1.29, 1.82) is 0 Å². The minimum atomic E-state index is 0.486. The maximum Gasteiger partial charge on any atom is 0.0338 e. The van der Waals surface area contributed by atoms with Gasteiger partial charge in [0.15, 0.2) is 0 Å². The Balaban J connectivity index is 1.45. The van der Waals surface area contributed by atoms with Crippen molar-refractivity contribution in [3.8, 4) is 0 Å². The molecule has 0 spiro atoms. The largest absolute Gasteiger partial charge is 0.294 e. The van der Waals surface area contributed by atoms with E-state index in [0.29, 0.717) is 5.38 Å². The van der Waals surface area contributed by atoms with Crippen LogP contribution >= 0.6 is 11.6 Å². The van der Waals surface area contributed by atoms with Gasteiger partial charge < -0.3 is 0 Å². The lowest BCUT2D eigenvalue weighted by atomic mass is 9.77. The van der Waals surface area contributed by atoms with Crippen LogP contribution in [0.25, 0.3) is 0 Å². The molecule has 7 unspecified atom stereocenters. The van der Waals surface area contributed by atoms with Gasteiger partial charge in [0.25, 0.3) is 0 Å². The summed E-state index contributed by atoms with van der Waals surface area (Å²) in [6.07, 6.45) is 19.1. The van der Waals surface area contributed by atoms with E-state index < -0.39 is 0 Å². The van der Waals surface area contributed by atoms with Gasteiger partial charge in [0.1, 0.15) is 0 Å². The van der Waals surface area contributed by atoms with Crippen LogP contribution in [0.15, 0.2) is 0 Å². The topological polar surface area (TPSA) is 3.24 Å². The van der Waals surface area contributed by atoms with Gasteiger partial charge in [-0.15, -0.1) is 11.6 Å². The SMILES string of the molecule is ClC1CCC2C(C1)CC1C3CCCCC3N(C3CCCCC3)C21. The molecule has 0 bridgehead atoms. The molecule has 5 rings (SSSR count). The first-order chi connectivity index (χ1) is 11.3. The number of hydrogen-bond acceptors (Lipinski definition) is 1. The van der Waals surface area contributed by atoms with Crippen LogP contribution in [0.2, 0.25) is 0 Å². The Labute approximate surface area is 147 Å². The lowest BCUT2D eigenvalue weighted by Crippen LogP contribution is -2.50. The summed E-state index contributed by atoms with van der Waals surface area (Å²) >= 11 is 6.55. The van der Waals surface area contributed by atoms with Gasteiger partial charge in [-0.05, 0) is 75.0 Å². The van der Waals surface area contributed by atoms with E-state index in [4.69, 9.17) is 11.6 Å². The molecule has 0 aromatic carbocycles.